The van der Waals surface area contributed by atoms with Gasteiger partial charge in [-0.2, -0.15) is 0 Å². The molecule has 2 heterocycles. The average Bonchev–Trinajstić information content (AvgIpc) is 2.64. The van der Waals surface area contributed by atoms with E-state index in [4.69, 9.17) is 4.74 Å². The van der Waals surface area contributed by atoms with Crippen molar-refractivity contribution in [2.45, 2.75) is 6.92 Å². The summed E-state index contributed by atoms with van der Waals surface area (Å²) in [5.41, 5.74) is 1.38. The number of carbonyl (C=O) groups is 1. The summed E-state index contributed by atoms with van der Waals surface area (Å²) in [6, 6.07) is 7.57. The molecule has 1 aliphatic heterocycles. The normalized spacial score (nSPS) is 15.0. The van der Waals surface area contributed by atoms with Crippen molar-refractivity contribution in [3.05, 3.63) is 42.2 Å². The van der Waals surface area contributed by atoms with Crippen molar-refractivity contribution in [1.82, 2.24) is 19.8 Å². The van der Waals surface area contributed by atoms with E-state index in [1.54, 1.807) is 12.4 Å². The maximum atomic E-state index is 12.5. The first kappa shape index (κ1) is 17.2. The first-order valence-electron chi connectivity index (χ1n) is 8.45. The van der Waals surface area contributed by atoms with Crippen LogP contribution in [0.2, 0.25) is 0 Å². The first-order valence-corrected chi connectivity index (χ1v) is 8.45. The molecular weight excluding hydrogens is 318 g/mol. The largest absolute Gasteiger partial charge is 0.494 e. The quantitative estimate of drug-likeness (QED) is 0.897. The molecule has 0 bridgehead atoms. The monoisotopic (exact) mass is 341 g/mol. The van der Waals surface area contributed by atoms with Gasteiger partial charge in [-0.1, -0.05) is 0 Å². The highest BCUT2D eigenvalue weighted by Crippen LogP contribution is 2.18. The van der Waals surface area contributed by atoms with E-state index in [1.165, 1.54) is 0 Å². The first-order chi connectivity index (χ1) is 12.2. The van der Waals surface area contributed by atoms with Crippen LogP contribution in [0.25, 0.3) is 0 Å². The van der Waals surface area contributed by atoms with E-state index in [9.17, 15) is 4.79 Å². The maximum Gasteiger partial charge on any atom is 0.257 e. The number of likely N-dealkylation sites (N-methyl/N-ethyl adjacent to an activating group) is 1. The molecule has 0 spiro atoms. The van der Waals surface area contributed by atoms with Gasteiger partial charge in [-0.15, -0.1) is 0 Å². The molecule has 25 heavy (non-hydrogen) atoms. The van der Waals surface area contributed by atoms with E-state index < -0.39 is 0 Å². The fourth-order valence-corrected chi connectivity index (χ4v) is 2.63. The number of piperazine rings is 1. The highest BCUT2D eigenvalue weighted by Gasteiger charge is 2.20. The Labute approximate surface area is 147 Å². The number of benzene rings is 1. The Hall–Kier alpha value is -2.67. The van der Waals surface area contributed by atoms with Crippen molar-refractivity contribution in [2.75, 3.05) is 45.2 Å². The molecule has 0 atom stereocenters. The standard InChI is InChI=1S/C18H23N5O2/c1-3-25-16-6-4-15(5-7-16)21-18-19-12-14(13-20-18)17(24)23-10-8-22(2)9-11-23/h4-7,12-13H,3,8-11H2,1-2H3,(H,19,20,21). The van der Waals surface area contributed by atoms with Gasteiger partial charge in [-0.3, -0.25) is 4.79 Å². The van der Waals surface area contributed by atoms with Crippen LogP contribution >= 0.6 is 0 Å². The van der Waals surface area contributed by atoms with Crippen LogP contribution in [0.3, 0.4) is 0 Å². The SMILES string of the molecule is CCOc1ccc(Nc2ncc(C(=O)N3CCN(C)CC3)cn2)cc1. The maximum absolute atomic E-state index is 12.5. The van der Waals surface area contributed by atoms with E-state index in [-0.39, 0.29) is 5.91 Å². The van der Waals surface area contributed by atoms with Gasteiger partial charge in [0.25, 0.3) is 5.91 Å². The fraction of sp³-hybridized carbons (Fsp3) is 0.389. The second-order valence-electron chi connectivity index (χ2n) is 5.97. The number of ether oxygens (including phenoxy) is 1. The molecule has 0 unspecified atom stereocenters. The van der Waals surface area contributed by atoms with Gasteiger partial charge < -0.3 is 19.9 Å². The van der Waals surface area contributed by atoms with Crippen molar-refractivity contribution < 1.29 is 9.53 Å². The Bertz CT molecular complexity index is 694. The molecule has 132 valence electrons. The zero-order valence-electron chi connectivity index (χ0n) is 14.6. The molecule has 3 rings (SSSR count). The van der Waals surface area contributed by atoms with Crippen LogP contribution in [-0.2, 0) is 0 Å². The Morgan fingerprint density at radius 1 is 1.12 bits per heavy atom. The number of nitrogens with one attached hydrogen (secondary N) is 1. The number of nitrogens with zero attached hydrogens (tertiary/aromatic N) is 4. The predicted octanol–water partition coefficient (Wildman–Crippen LogP) is 2.01. The molecule has 7 heteroatoms. The van der Waals surface area contributed by atoms with E-state index in [0.29, 0.717) is 18.1 Å². The van der Waals surface area contributed by atoms with Gasteiger partial charge >= 0.3 is 0 Å². The molecule has 1 amide bonds. The zero-order chi connectivity index (χ0) is 17.6. The Morgan fingerprint density at radius 3 is 2.36 bits per heavy atom. The molecule has 2 aromatic rings. The Morgan fingerprint density at radius 2 is 1.76 bits per heavy atom. The van der Waals surface area contributed by atoms with Gasteiger partial charge in [0.2, 0.25) is 5.95 Å². The summed E-state index contributed by atoms with van der Waals surface area (Å²) in [6.45, 7) is 5.85. The minimum Gasteiger partial charge on any atom is -0.494 e. The summed E-state index contributed by atoms with van der Waals surface area (Å²) in [7, 11) is 2.06. The summed E-state index contributed by atoms with van der Waals surface area (Å²) in [5, 5.41) is 3.12. The van der Waals surface area contributed by atoms with Crippen molar-refractivity contribution in [3.8, 4) is 5.75 Å². The molecular formula is C18H23N5O2. The topological polar surface area (TPSA) is 70.6 Å². The number of hydrogen-bond donors (Lipinski definition) is 1. The molecule has 1 aliphatic rings. The molecule has 1 N–H and O–H groups in total. The van der Waals surface area contributed by atoms with Crippen molar-refractivity contribution in [3.63, 3.8) is 0 Å². The number of amides is 1. The van der Waals surface area contributed by atoms with Gasteiger partial charge in [0, 0.05) is 44.3 Å². The lowest BCUT2D eigenvalue weighted by atomic mass is 10.2. The lowest BCUT2D eigenvalue weighted by Crippen LogP contribution is -2.47. The van der Waals surface area contributed by atoms with E-state index in [1.807, 2.05) is 36.1 Å². The molecule has 0 aliphatic carbocycles. The number of hydrogen-bond acceptors (Lipinski definition) is 6. The number of aromatic nitrogens is 2. The van der Waals surface area contributed by atoms with Gasteiger partial charge in [0.1, 0.15) is 5.75 Å². The average molecular weight is 341 g/mol. The van der Waals surface area contributed by atoms with Gasteiger partial charge in [-0.25, -0.2) is 9.97 Å². The Kier molecular flexibility index (Phi) is 5.45. The van der Waals surface area contributed by atoms with E-state index in [0.717, 1.165) is 37.6 Å². The summed E-state index contributed by atoms with van der Waals surface area (Å²) in [6.07, 6.45) is 3.15. The molecule has 0 saturated carbocycles. The third kappa shape index (κ3) is 4.45. The van der Waals surface area contributed by atoms with E-state index in [2.05, 4.69) is 27.2 Å². The summed E-state index contributed by atoms with van der Waals surface area (Å²) in [5.74, 6) is 1.27. The van der Waals surface area contributed by atoms with Gasteiger partial charge in [0.05, 0.1) is 12.2 Å². The molecule has 1 saturated heterocycles. The van der Waals surface area contributed by atoms with Crippen LogP contribution in [0.5, 0.6) is 5.75 Å². The third-order valence-electron chi connectivity index (χ3n) is 4.11. The fourth-order valence-electron chi connectivity index (χ4n) is 2.63. The van der Waals surface area contributed by atoms with Crippen molar-refractivity contribution in [1.29, 1.82) is 0 Å². The number of carbonyl (C=O) groups excluding carboxylic acids is 1. The zero-order valence-corrected chi connectivity index (χ0v) is 14.6. The Balaban J connectivity index is 1.60. The van der Waals surface area contributed by atoms with Crippen LogP contribution in [0.4, 0.5) is 11.6 Å². The van der Waals surface area contributed by atoms with Crippen LogP contribution in [0.15, 0.2) is 36.7 Å². The van der Waals surface area contributed by atoms with Gasteiger partial charge in [-0.05, 0) is 38.2 Å². The third-order valence-corrected chi connectivity index (χ3v) is 4.11. The summed E-state index contributed by atoms with van der Waals surface area (Å²) < 4.78 is 5.41. The smallest absolute Gasteiger partial charge is 0.257 e. The van der Waals surface area contributed by atoms with E-state index >= 15 is 0 Å². The van der Waals surface area contributed by atoms with Crippen LogP contribution in [0, 0.1) is 0 Å². The number of anilines is 2. The molecule has 1 aromatic heterocycles. The van der Waals surface area contributed by atoms with Crippen LogP contribution in [-0.4, -0.2) is 65.5 Å². The lowest BCUT2D eigenvalue weighted by molar-refractivity contribution is 0.0663. The number of rotatable bonds is 5. The summed E-state index contributed by atoms with van der Waals surface area (Å²) in [4.78, 5) is 25.0. The lowest BCUT2D eigenvalue weighted by Gasteiger charge is -2.32. The minimum atomic E-state index is -0.0132. The second-order valence-corrected chi connectivity index (χ2v) is 5.97. The second kappa shape index (κ2) is 7.94. The van der Waals surface area contributed by atoms with Gasteiger partial charge in [0.15, 0.2) is 0 Å². The van der Waals surface area contributed by atoms with Crippen LogP contribution in [0.1, 0.15) is 17.3 Å². The molecule has 7 nitrogen and oxygen atoms in total. The van der Waals surface area contributed by atoms with Crippen molar-refractivity contribution in [2.24, 2.45) is 0 Å². The van der Waals surface area contributed by atoms with Crippen LogP contribution < -0.4 is 10.1 Å². The minimum absolute atomic E-state index is 0.0132. The predicted molar refractivity (Wildman–Crippen MR) is 96.3 cm³/mol. The highest BCUT2D eigenvalue weighted by atomic mass is 16.5. The molecule has 1 fully saturated rings. The summed E-state index contributed by atoms with van der Waals surface area (Å²) >= 11 is 0. The molecule has 1 aromatic carbocycles. The highest BCUT2D eigenvalue weighted by molar-refractivity contribution is 5.93. The molecule has 0 radical (unpaired) electrons. The van der Waals surface area contributed by atoms with Crippen molar-refractivity contribution >= 4 is 17.5 Å².